The third-order valence-corrected chi connectivity index (χ3v) is 3.08. The summed E-state index contributed by atoms with van der Waals surface area (Å²) in [5.74, 6) is 3.00. The van der Waals surface area contributed by atoms with Gasteiger partial charge in [0, 0.05) is 11.8 Å². The summed E-state index contributed by atoms with van der Waals surface area (Å²) in [6.45, 7) is 4.14. The molecule has 0 amide bonds. The van der Waals surface area contributed by atoms with E-state index in [1.807, 2.05) is 44.2 Å². The van der Waals surface area contributed by atoms with Crippen molar-refractivity contribution >= 4 is 5.69 Å². The average Bonchev–Trinajstić information content (AvgIpc) is 2.92. The molecule has 2 rings (SSSR count). The first-order valence-electron chi connectivity index (χ1n) is 6.88. The molecule has 0 aliphatic carbocycles. The molecule has 1 aromatic carbocycles. The largest absolute Gasteiger partial charge is 0.493 e. The zero-order valence-electron chi connectivity index (χ0n) is 12.6. The lowest BCUT2D eigenvalue weighted by Crippen LogP contribution is -2.07. The Labute approximate surface area is 124 Å². The average molecular weight is 291 g/mol. The van der Waals surface area contributed by atoms with Crippen molar-refractivity contribution in [3.8, 4) is 11.5 Å². The van der Waals surface area contributed by atoms with Crippen molar-refractivity contribution in [2.24, 2.45) is 0 Å². The zero-order valence-corrected chi connectivity index (χ0v) is 12.6. The second kappa shape index (κ2) is 7.04. The lowest BCUT2D eigenvalue weighted by molar-refractivity contribution is 0.196. The van der Waals surface area contributed by atoms with E-state index in [1.54, 1.807) is 7.11 Å². The predicted molar refractivity (Wildman–Crippen MR) is 81.1 cm³/mol. The molecule has 0 aliphatic heterocycles. The van der Waals surface area contributed by atoms with Crippen molar-refractivity contribution in [1.82, 2.24) is 0 Å². The number of furan rings is 1. The quantitative estimate of drug-likeness (QED) is 0.820. The Bertz CT molecular complexity index is 579. The maximum absolute atomic E-state index is 8.86. The minimum Gasteiger partial charge on any atom is -0.493 e. The standard InChI is InChI=1S/C16H21NO4/c1-11-4-6-14(21-11)12(2)17-13-5-7-15(19-3)16(10-13)20-9-8-18/h4-7,10,12,17-18H,8-9H2,1-3H3. The molecule has 2 aromatic rings. The number of aliphatic hydroxyl groups is 1. The first-order valence-corrected chi connectivity index (χ1v) is 6.88. The third-order valence-electron chi connectivity index (χ3n) is 3.08. The van der Waals surface area contributed by atoms with Crippen LogP contribution in [0.4, 0.5) is 5.69 Å². The second-order valence-electron chi connectivity index (χ2n) is 4.75. The SMILES string of the molecule is COc1ccc(NC(C)c2ccc(C)o2)cc1OCCO. The molecule has 0 saturated heterocycles. The van der Waals surface area contributed by atoms with Crippen molar-refractivity contribution < 1.29 is 19.0 Å². The molecule has 21 heavy (non-hydrogen) atoms. The van der Waals surface area contributed by atoms with Crippen LogP contribution in [0.5, 0.6) is 11.5 Å². The fourth-order valence-corrected chi connectivity index (χ4v) is 2.04. The van der Waals surface area contributed by atoms with Gasteiger partial charge in [0.1, 0.15) is 18.1 Å². The van der Waals surface area contributed by atoms with Crippen molar-refractivity contribution in [2.45, 2.75) is 19.9 Å². The molecule has 5 nitrogen and oxygen atoms in total. The molecule has 0 bridgehead atoms. The number of nitrogens with one attached hydrogen (secondary N) is 1. The van der Waals surface area contributed by atoms with Crippen LogP contribution in [0.1, 0.15) is 24.5 Å². The van der Waals surface area contributed by atoms with Gasteiger partial charge in [-0.15, -0.1) is 0 Å². The fraction of sp³-hybridized carbons (Fsp3) is 0.375. The first kappa shape index (κ1) is 15.3. The van der Waals surface area contributed by atoms with Crippen LogP contribution in [0.15, 0.2) is 34.7 Å². The van der Waals surface area contributed by atoms with Crippen molar-refractivity contribution in [3.63, 3.8) is 0 Å². The molecular weight excluding hydrogens is 270 g/mol. The number of ether oxygens (including phenoxy) is 2. The summed E-state index contributed by atoms with van der Waals surface area (Å²) >= 11 is 0. The summed E-state index contributed by atoms with van der Waals surface area (Å²) < 4.78 is 16.3. The van der Waals surface area contributed by atoms with Crippen LogP contribution in [-0.2, 0) is 0 Å². The van der Waals surface area contributed by atoms with Gasteiger partial charge in [0.15, 0.2) is 11.5 Å². The fourth-order valence-electron chi connectivity index (χ4n) is 2.04. The first-order chi connectivity index (χ1) is 10.1. The molecule has 1 unspecified atom stereocenters. The maximum Gasteiger partial charge on any atom is 0.163 e. The van der Waals surface area contributed by atoms with Gasteiger partial charge in [0.25, 0.3) is 0 Å². The molecule has 0 saturated carbocycles. The van der Waals surface area contributed by atoms with Gasteiger partial charge in [-0.1, -0.05) is 0 Å². The van der Waals surface area contributed by atoms with E-state index < -0.39 is 0 Å². The highest BCUT2D eigenvalue weighted by Crippen LogP contribution is 2.31. The number of rotatable bonds is 7. The van der Waals surface area contributed by atoms with Crippen LogP contribution in [0.3, 0.4) is 0 Å². The van der Waals surface area contributed by atoms with E-state index in [-0.39, 0.29) is 19.3 Å². The van der Waals surface area contributed by atoms with Crippen LogP contribution in [-0.4, -0.2) is 25.4 Å². The number of hydrogen-bond donors (Lipinski definition) is 2. The predicted octanol–water partition coefficient (Wildman–Crippen LogP) is 3.14. The number of aryl methyl sites for hydroxylation is 1. The van der Waals surface area contributed by atoms with Crippen molar-refractivity contribution in [3.05, 3.63) is 41.9 Å². The van der Waals surface area contributed by atoms with Gasteiger partial charge in [0.05, 0.1) is 19.8 Å². The summed E-state index contributed by atoms with van der Waals surface area (Å²) in [4.78, 5) is 0. The van der Waals surface area contributed by atoms with E-state index in [1.165, 1.54) is 0 Å². The topological polar surface area (TPSA) is 63.9 Å². The Morgan fingerprint density at radius 3 is 2.67 bits per heavy atom. The van der Waals surface area contributed by atoms with Gasteiger partial charge in [-0.05, 0) is 38.1 Å². The van der Waals surface area contributed by atoms with Gasteiger partial charge in [-0.2, -0.15) is 0 Å². The van der Waals surface area contributed by atoms with Crippen LogP contribution < -0.4 is 14.8 Å². The molecule has 0 spiro atoms. The lowest BCUT2D eigenvalue weighted by Gasteiger charge is -2.16. The Balaban J connectivity index is 2.12. The Morgan fingerprint density at radius 1 is 1.24 bits per heavy atom. The number of benzene rings is 1. The van der Waals surface area contributed by atoms with Crippen LogP contribution in [0.2, 0.25) is 0 Å². The van der Waals surface area contributed by atoms with Gasteiger partial charge >= 0.3 is 0 Å². The summed E-state index contributed by atoms with van der Waals surface area (Å²) in [6.07, 6.45) is 0. The third kappa shape index (κ3) is 3.92. The lowest BCUT2D eigenvalue weighted by atomic mass is 10.2. The van der Waals surface area contributed by atoms with Crippen LogP contribution >= 0.6 is 0 Å². The van der Waals surface area contributed by atoms with Crippen LogP contribution in [0, 0.1) is 6.92 Å². The maximum atomic E-state index is 8.86. The number of hydrogen-bond acceptors (Lipinski definition) is 5. The number of methoxy groups -OCH3 is 1. The Kier molecular flexibility index (Phi) is 5.11. The summed E-state index contributed by atoms with van der Waals surface area (Å²) in [7, 11) is 1.59. The monoisotopic (exact) mass is 291 g/mol. The van der Waals surface area contributed by atoms with Gasteiger partial charge < -0.3 is 24.3 Å². The van der Waals surface area contributed by atoms with E-state index in [4.69, 9.17) is 19.0 Å². The second-order valence-corrected chi connectivity index (χ2v) is 4.75. The summed E-state index contributed by atoms with van der Waals surface area (Å²) in [5, 5.41) is 12.2. The molecule has 1 aromatic heterocycles. The highest BCUT2D eigenvalue weighted by Gasteiger charge is 2.11. The molecule has 114 valence electrons. The minimum atomic E-state index is -0.0388. The Morgan fingerprint density at radius 2 is 2.05 bits per heavy atom. The van der Waals surface area contributed by atoms with Crippen molar-refractivity contribution in [2.75, 3.05) is 25.6 Å². The minimum absolute atomic E-state index is 0.0388. The Hall–Kier alpha value is -2.14. The van der Waals surface area contributed by atoms with E-state index in [9.17, 15) is 0 Å². The molecule has 0 aliphatic rings. The van der Waals surface area contributed by atoms with Gasteiger partial charge in [0.2, 0.25) is 0 Å². The van der Waals surface area contributed by atoms with E-state index >= 15 is 0 Å². The highest BCUT2D eigenvalue weighted by atomic mass is 16.5. The summed E-state index contributed by atoms with van der Waals surface area (Å²) in [5.41, 5.74) is 0.894. The van der Waals surface area contributed by atoms with Gasteiger partial charge in [-0.25, -0.2) is 0 Å². The van der Waals surface area contributed by atoms with Gasteiger partial charge in [-0.3, -0.25) is 0 Å². The zero-order chi connectivity index (χ0) is 15.2. The number of aliphatic hydroxyl groups excluding tert-OH is 1. The van der Waals surface area contributed by atoms with E-state index in [0.717, 1.165) is 17.2 Å². The molecule has 2 N–H and O–H groups in total. The summed E-state index contributed by atoms with van der Waals surface area (Å²) in [6, 6.07) is 9.53. The molecule has 1 heterocycles. The number of anilines is 1. The smallest absolute Gasteiger partial charge is 0.163 e. The molecule has 0 radical (unpaired) electrons. The molecular formula is C16H21NO4. The van der Waals surface area contributed by atoms with E-state index in [0.29, 0.717) is 11.5 Å². The highest BCUT2D eigenvalue weighted by molar-refractivity contribution is 5.55. The normalized spacial score (nSPS) is 12.0. The van der Waals surface area contributed by atoms with E-state index in [2.05, 4.69) is 5.32 Å². The van der Waals surface area contributed by atoms with Crippen molar-refractivity contribution in [1.29, 1.82) is 0 Å². The molecule has 0 fully saturated rings. The molecule has 1 atom stereocenters. The molecule has 5 heteroatoms. The van der Waals surface area contributed by atoms with Crippen LogP contribution in [0.25, 0.3) is 0 Å².